The van der Waals surface area contributed by atoms with Crippen LogP contribution in [0.5, 0.6) is 0 Å². The van der Waals surface area contributed by atoms with Crippen molar-refractivity contribution in [1.82, 2.24) is 0 Å². The van der Waals surface area contributed by atoms with Crippen LogP contribution in [0.4, 0.5) is 0 Å². The summed E-state index contributed by atoms with van der Waals surface area (Å²) < 4.78 is 0. The molecule has 15 heavy (non-hydrogen) atoms. The summed E-state index contributed by atoms with van der Waals surface area (Å²) in [7, 11) is 0. The van der Waals surface area contributed by atoms with Gasteiger partial charge in [-0.1, -0.05) is 31.2 Å². The van der Waals surface area contributed by atoms with E-state index in [4.69, 9.17) is 11.0 Å². The number of carbonyl (C=O) groups excluding carboxylic acids is 1. The minimum atomic E-state index is -0.695. The number of amides is 1. The van der Waals surface area contributed by atoms with Crippen LogP contribution < -0.4 is 5.73 Å². The topological polar surface area (TPSA) is 66.9 Å². The standard InChI is InChI=1S/C12H12N2O/c1-2-9-4-3-5-10(6-9)7-11(8-13)12(14)15/h3-7H,2H2,1H3,(H2,14,15)/b11-7+. The molecule has 0 saturated heterocycles. The molecule has 0 atom stereocenters. The third kappa shape index (κ3) is 2.96. The van der Waals surface area contributed by atoms with Gasteiger partial charge in [0, 0.05) is 0 Å². The lowest BCUT2D eigenvalue weighted by Gasteiger charge is -1.98. The predicted molar refractivity (Wildman–Crippen MR) is 58.6 cm³/mol. The van der Waals surface area contributed by atoms with E-state index < -0.39 is 5.91 Å². The average Bonchev–Trinajstić information content (AvgIpc) is 2.25. The Morgan fingerprint density at radius 2 is 2.33 bits per heavy atom. The Labute approximate surface area is 88.8 Å². The minimum Gasteiger partial charge on any atom is -0.365 e. The zero-order chi connectivity index (χ0) is 11.3. The Morgan fingerprint density at radius 1 is 1.60 bits per heavy atom. The fourth-order valence-electron chi connectivity index (χ4n) is 1.23. The number of nitrogens with zero attached hydrogens (tertiary/aromatic N) is 1. The van der Waals surface area contributed by atoms with Gasteiger partial charge in [-0.15, -0.1) is 0 Å². The largest absolute Gasteiger partial charge is 0.365 e. The molecule has 1 aromatic carbocycles. The van der Waals surface area contributed by atoms with Crippen LogP contribution in [0.2, 0.25) is 0 Å². The number of primary amides is 1. The van der Waals surface area contributed by atoms with Gasteiger partial charge in [0.05, 0.1) is 0 Å². The number of nitriles is 1. The highest BCUT2D eigenvalue weighted by atomic mass is 16.1. The normalized spacial score (nSPS) is 10.8. The van der Waals surface area contributed by atoms with Gasteiger partial charge in [-0.3, -0.25) is 4.79 Å². The first-order valence-electron chi connectivity index (χ1n) is 4.68. The van der Waals surface area contributed by atoms with Crippen LogP contribution in [0.15, 0.2) is 29.8 Å². The molecule has 3 heteroatoms. The summed E-state index contributed by atoms with van der Waals surface area (Å²) in [5.41, 5.74) is 6.99. The van der Waals surface area contributed by atoms with Gasteiger partial charge >= 0.3 is 0 Å². The predicted octanol–water partition coefficient (Wildman–Crippen LogP) is 1.64. The van der Waals surface area contributed by atoms with Crippen LogP contribution in [0.25, 0.3) is 6.08 Å². The Bertz CT molecular complexity index is 441. The van der Waals surface area contributed by atoms with Gasteiger partial charge < -0.3 is 5.73 Å². The number of aryl methyl sites for hydroxylation is 1. The van der Waals surface area contributed by atoms with Crippen molar-refractivity contribution in [3.05, 3.63) is 41.0 Å². The molecule has 0 aliphatic heterocycles. The van der Waals surface area contributed by atoms with Crippen LogP contribution in [0.3, 0.4) is 0 Å². The highest BCUT2D eigenvalue weighted by Crippen LogP contribution is 2.09. The molecule has 0 aromatic heterocycles. The SMILES string of the molecule is CCc1cccc(/C=C(\C#N)C(N)=O)c1. The summed E-state index contributed by atoms with van der Waals surface area (Å²) in [4.78, 5) is 10.8. The quantitative estimate of drug-likeness (QED) is 0.595. The van der Waals surface area contributed by atoms with Crippen molar-refractivity contribution in [1.29, 1.82) is 5.26 Å². The number of rotatable bonds is 3. The molecule has 0 aliphatic rings. The maximum atomic E-state index is 10.8. The maximum absolute atomic E-state index is 10.8. The zero-order valence-corrected chi connectivity index (χ0v) is 8.53. The van der Waals surface area contributed by atoms with Gasteiger partial charge in [-0.25, -0.2) is 0 Å². The Balaban J connectivity index is 3.07. The minimum absolute atomic E-state index is 0.0248. The van der Waals surface area contributed by atoms with Gasteiger partial charge in [0.25, 0.3) is 5.91 Å². The average molecular weight is 200 g/mol. The van der Waals surface area contributed by atoms with E-state index in [0.717, 1.165) is 17.5 Å². The molecule has 0 fully saturated rings. The molecule has 3 nitrogen and oxygen atoms in total. The van der Waals surface area contributed by atoms with Crippen molar-refractivity contribution in [3.63, 3.8) is 0 Å². The van der Waals surface area contributed by atoms with Gasteiger partial charge in [0.1, 0.15) is 11.6 Å². The maximum Gasteiger partial charge on any atom is 0.259 e. The summed E-state index contributed by atoms with van der Waals surface area (Å²) in [6.07, 6.45) is 2.42. The van der Waals surface area contributed by atoms with Crippen LogP contribution in [0, 0.1) is 11.3 Å². The van der Waals surface area contributed by atoms with Crippen molar-refractivity contribution in [3.8, 4) is 6.07 Å². The molecule has 0 spiro atoms. The van der Waals surface area contributed by atoms with Crippen molar-refractivity contribution >= 4 is 12.0 Å². The second-order valence-electron chi connectivity index (χ2n) is 3.13. The number of nitrogens with two attached hydrogens (primary N) is 1. The van der Waals surface area contributed by atoms with Crippen LogP contribution in [-0.4, -0.2) is 5.91 Å². The Hall–Kier alpha value is -2.08. The second-order valence-corrected chi connectivity index (χ2v) is 3.13. The van der Waals surface area contributed by atoms with Gasteiger partial charge in [0.2, 0.25) is 0 Å². The van der Waals surface area contributed by atoms with E-state index in [1.807, 2.05) is 31.2 Å². The molecule has 0 radical (unpaired) electrons. The van der Waals surface area contributed by atoms with Crippen molar-refractivity contribution in [2.75, 3.05) is 0 Å². The molecular weight excluding hydrogens is 188 g/mol. The fraction of sp³-hybridized carbons (Fsp3) is 0.167. The number of hydrogen-bond donors (Lipinski definition) is 1. The van der Waals surface area contributed by atoms with Crippen molar-refractivity contribution in [2.24, 2.45) is 5.73 Å². The monoisotopic (exact) mass is 200 g/mol. The van der Waals surface area contributed by atoms with E-state index in [1.54, 1.807) is 6.07 Å². The molecule has 0 aliphatic carbocycles. The van der Waals surface area contributed by atoms with Crippen LogP contribution in [-0.2, 0) is 11.2 Å². The first-order chi connectivity index (χ1) is 7.17. The van der Waals surface area contributed by atoms with E-state index in [0.29, 0.717) is 0 Å². The molecule has 0 heterocycles. The fourth-order valence-corrected chi connectivity index (χ4v) is 1.23. The number of hydrogen-bond acceptors (Lipinski definition) is 2. The first-order valence-corrected chi connectivity index (χ1v) is 4.68. The molecule has 2 N–H and O–H groups in total. The van der Waals surface area contributed by atoms with E-state index in [-0.39, 0.29) is 5.57 Å². The van der Waals surface area contributed by atoms with Gasteiger partial charge in [0.15, 0.2) is 0 Å². The molecule has 1 aromatic rings. The molecule has 1 rings (SSSR count). The molecular formula is C12H12N2O. The Kier molecular flexibility index (Phi) is 3.64. The molecule has 1 amide bonds. The summed E-state index contributed by atoms with van der Waals surface area (Å²) in [5, 5.41) is 8.67. The lowest BCUT2D eigenvalue weighted by Crippen LogP contribution is -2.12. The van der Waals surface area contributed by atoms with Crippen molar-refractivity contribution < 1.29 is 4.79 Å². The van der Waals surface area contributed by atoms with E-state index >= 15 is 0 Å². The lowest BCUT2D eigenvalue weighted by molar-refractivity contribution is -0.114. The number of carbonyl (C=O) groups is 1. The highest BCUT2D eigenvalue weighted by molar-refractivity contribution is 6.00. The highest BCUT2D eigenvalue weighted by Gasteiger charge is 2.02. The lowest BCUT2D eigenvalue weighted by atomic mass is 10.1. The third-order valence-electron chi connectivity index (χ3n) is 2.06. The smallest absolute Gasteiger partial charge is 0.259 e. The molecule has 0 bridgehead atoms. The third-order valence-corrected chi connectivity index (χ3v) is 2.06. The summed E-state index contributed by atoms with van der Waals surface area (Å²) >= 11 is 0. The molecule has 0 saturated carbocycles. The van der Waals surface area contributed by atoms with Gasteiger partial charge in [-0.2, -0.15) is 5.26 Å². The zero-order valence-electron chi connectivity index (χ0n) is 8.53. The Morgan fingerprint density at radius 3 is 2.87 bits per heavy atom. The second kappa shape index (κ2) is 4.97. The molecule has 0 unspecified atom stereocenters. The summed E-state index contributed by atoms with van der Waals surface area (Å²) in [6, 6.07) is 9.42. The van der Waals surface area contributed by atoms with E-state index in [1.165, 1.54) is 6.08 Å². The van der Waals surface area contributed by atoms with Crippen LogP contribution in [0.1, 0.15) is 18.1 Å². The van der Waals surface area contributed by atoms with E-state index in [2.05, 4.69) is 0 Å². The first kappa shape index (κ1) is 11.0. The van der Waals surface area contributed by atoms with Gasteiger partial charge in [-0.05, 0) is 23.6 Å². The summed E-state index contributed by atoms with van der Waals surface area (Å²) in [6.45, 7) is 2.04. The number of benzene rings is 1. The summed E-state index contributed by atoms with van der Waals surface area (Å²) in [5.74, 6) is -0.695. The van der Waals surface area contributed by atoms with E-state index in [9.17, 15) is 4.79 Å². The molecule has 76 valence electrons. The van der Waals surface area contributed by atoms with Crippen molar-refractivity contribution in [2.45, 2.75) is 13.3 Å². The van der Waals surface area contributed by atoms with Crippen LogP contribution >= 0.6 is 0 Å².